The lowest BCUT2D eigenvalue weighted by Crippen LogP contribution is -2.42. The minimum atomic E-state index is -0.502. The van der Waals surface area contributed by atoms with Gasteiger partial charge in [0.1, 0.15) is 13.1 Å². The summed E-state index contributed by atoms with van der Waals surface area (Å²) in [6.45, 7) is 0.236. The van der Waals surface area contributed by atoms with Crippen molar-refractivity contribution in [1.29, 1.82) is 0 Å². The summed E-state index contributed by atoms with van der Waals surface area (Å²) in [6, 6.07) is 7.67. The first-order valence-electron chi connectivity index (χ1n) is 5.32. The standard InChI is InChI=1S/C12H14N2O3/c1-13(2)9-3-5-10(6-4-9)14-7-11(15)17-12(16)8-14/h3-6H,7-8H2,1-2H3. The van der Waals surface area contributed by atoms with Crippen LogP contribution < -0.4 is 9.80 Å². The fourth-order valence-electron chi connectivity index (χ4n) is 1.70. The summed E-state index contributed by atoms with van der Waals surface area (Å²) in [5.74, 6) is -1.00. The third-order valence-corrected chi connectivity index (χ3v) is 2.60. The van der Waals surface area contributed by atoms with Gasteiger partial charge in [0, 0.05) is 25.5 Å². The van der Waals surface area contributed by atoms with E-state index in [1.165, 1.54) is 0 Å². The van der Waals surface area contributed by atoms with Crippen LogP contribution in [0.2, 0.25) is 0 Å². The normalized spacial score (nSPS) is 15.8. The number of hydrogen-bond donors (Lipinski definition) is 0. The number of benzene rings is 1. The number of cyclic esters (lactones) is 2. The van der Waals surface area contributed by atoms with E-state index in [0.717, 1.165) is 11.4 Å². The van der Waals surface area contributed by atoms with Crippen LogP contribution in [0.25, 0.3) is 0 Å². The van der Waals surface area contributed by atoms with E-state index in [9.17, 15) is 9.59 Å². The zero-order valence-electron chi connectivity index (χ0n) is 9.84. The highest BCUT2D eigenvalue weighted by Crippen LogP contribution is 2.20. The number of ether oxygens (including phenoxy) is 1. The SMILES string of the molecule is CN(C)c1ccc(N2CC(=O)OC(=O)C2)cc1. The number of esters is 2. The second-order valence-corrected chi connectivity index (χ2v) is 4.11. The Morgan fingerprint density at radius 1 is 1.06 bits per heavy atom. The van der Waals surface area contributed by atoms with Crippen molar-refractivity contribution in [3.63, 3.8) is 0 Å². The quantitative estimate of drug-likeness (QED) is 0.555. The molecule has 0 unspecified atom stereocenters. The summed E-state index contributed by atoms with van der Waals surface area (Å²) in [5.41, 5.74) is 1.92. The van der Waals surface area contributed by atoms with E-state index < -0.39 is 11.9 Å². The van der Waals surface area contributed by atoms with Crippen molar-refractivity contribution < 1.29 is 14.3 Å². The van der Waals surface area contributed by atoms with Crippen LogP contribution in [0.3, 0.4) is 0 Å². The van der Waals surface area contributed by atoms with E-state index in [1.807, 2.05) is 43.3 Å². The number of anilines is 2. The zero-order chi connectivity index (χ0) is 12.4. The molecule has 1 aliphatic rings. The van der Waals surface area contributed by atoms with Gasteiger partial charge in [-0.05, 0) is 24.3 Å². The van der Waals surface area contributed by atoms with Gasteiger partial charge in [-0.25, -0.2) is 9.59 Å². The molecule has 5 heteroatoms. The Kier molecular flexibility index (Phi) is 2.99. The van der Waals surface area contributed by atoms with Crippen molar-refractivity contribution in [2.75, 3.05) is 37.0 Å². The van der Waals surface area contributed by atoms with Gasteiger partial charge in [0.15, 0.2) is 0 Å². The van der Waals surface area contributed by atoms with Crippen LogP contribution in [-0.2, 0) is 14.3 Å². The van der Waals surface area contributed by atoms with Crippen molar-refractivity contribution >= 4 is 23.3 Å². The van der Waals surface area contributed by atoms with Crippen LogP contribution in [0.5, 0.6) is 0 Å². The van der Waals surface area contributed by atoms with Gasteiger partial charge in [0.25, 0.3) is 0 Å². The van der Waals surface area contributed by atoms with Gasteiger partial charge in [-0.2, -0.15) is 0 Å². The fourth-order valence-corrected chi connectivity index (χ4v) is 1.70. The van der Waals surface area contributed by atoms with E-state index in [0.29, 0.717) is 0 Å². The molecule has 0 atom stereocenters. The van der Waals surface area contributed by atoms with Gasteiger partial charge >= 0.3 is 11.9 Å². The summed E-state index contributed by atoms with van der Waals surface area (Å²) in [5, 5.41) is 0. The van der Waals surface area contributed by atoms with Crippen LogP contribution in [0.1, 0.15) is 0 Å². The third-order valence-electron chi connectivity index (χ3n) is 2.60. The van der Waals surface area contributed by atoms with Gasteiger partial charge < -0.3 is 14.5 Å². The Morgan fingerprint density at radius 3 is 2.06 bits per heavy atom. The molecule has 0 amide bonds. The highest BCUT2D eigenvalue weighted by Gasteiger charge is 2.24. The molecule has 1 aliphatic heterocycles. The zero-order valence-corrected chi connectivity index (χ0v) is 9.84. The minimum absolute atomic E-state index is 0.118. The summed E-state index contributed by atoms with van der Waals surface area (Å²) < 4.78 is 4.47. The Morgan fingerprint density at radius 2 is 1.59 bits per heavy atom. The summed E-state index contributed by atoms with van der Waals surface area (Å²) >= 11 is 0. The predicted octanol–water partition coefficient (Wildman–Crippen LogP) is 0.642. The van der Waals surface area contributed by atoms with Crippen molar-refractivity contribution in [1.82, 2.24) is 0 Å². The molecule has 0 aliphatic carbocycles. The fraction of sp³-hybridized carbons (Fsp3) is 0.333. The largest absolute Gasteiger partial charge is 0.390 e. The van der Waals surface area contributed by atoms with E-state index in [1.54, 1.807) is 4.90 Å². The maximum absolute atomic E-state index is 11.1. The van der Waals surface area contributed by atoms with Crippen molar-refractivity contribution in [3.05, 3.63) is 24.3 Å². The summed E-state index contributed by atoms with van der Waals surface area (Å²) in [7, 11) is 3.91. The molecule has 2 rings (SSSR count). The first-order valence-corrected chi connectivity index (χ1v) is 5.32. The van der Waals surface area contributed by atoms with Gasteiger partial charge in [-0.15, -0.1) is 0 Å². The smallest absolute Gasteiger partial charge is 0.333 e. The lowest BCUT2D eigenvalue weighted by atomic mass is 10.2. The molecule has 1 aromatic carbocycles. The molecule has 0 N–H and O–H groups in total. The molecule has 0 radical (unpaired) electrons. The molecular formula is C12H14N2O3. The molecule has 90 valence electrons. The molecular weight excluding hydrogens is 220 g/mol. The maximum Gasteiger partial charge on any atom is 0.333 e. The first-order chi connectivity index (χ1) is 8.06. The van der Waals surface area contributed by atoms with Crippen LogP contribution in [0.4, 0.5) is 11.4 Å². The monoisotopic (exact) mass is 234 g/mol. The average Bonchev–Trinajstić information content (AvgIpc) is 2.28. The van der Waals surface area contributed by atoms with Crippen LogP contribution >= 0.6 is 0 Å². The third kappa shape index (κ3) is 2.55. The summed E-state index contributed by atoms with van der Waals surface area (Å²) in [4.78, 5) is 26.0. The molecule has 5 nitrogen and oxygen atoms in total. The number of hydrogen-bond acceptors (Lipinski definition) is 5. The number of rotatable bonds is 2. The van der Waals surface area contributed by atoms with Gasteiger partial charge in [0.2, 0.25) is 0 Å². The van der Waals surface area contributed by atoms with Gasteiger partial charge in [-0.3, -0.25) is 0 Å². The molecule has 1 saturated heterocycles. The molecule has 0 aromatic heterocycles. The summed E-state index contributed by atoms with van der Waals surface area (Å²) in [6.07, 6.45) is 0. The minimum Gasteiger partial charge on any atom is -0.390 e. The molecule has 17 heavy (non-hydrogen) atoms. The average molecular weight is 234 g/mol. The number of nitrogens with zero attached hydrogens (tertiary/aromatic N) is 2. The second kappa shape index (κ2) is 4.45. The highest BCUT2D eigenvalue weighted by molar-refractivity contribution is 5.94. The second-order valence-electron chi connectivity index (χ2n) is 4.11. The Labute approximate surface area is 99.6 Å². The Bertz CT molecular complexity index is 424. The molecule has 0 saturated carbocycles. The molecule has 1 aromatic rings. The van der Waals surface area contributed by atoms with E-state index in [2.05, 4.69) is 4.74 Å². The topological polar surface area (TPSA) is 49.9 Å². The number of carbonyl (C=O) groups is 2. The number of morpholine rings is 1. The van der Waals surface area contributed by atoms with Crippen LogP contribution in [0, 0.1) is 0 Å². The molecule has 1 heterocycles. The number of carbonyl (C=O) groups excluding carboxylic acids is 2. The van der Waals surface area contributed by atoms with E-state index >= 15 is 0 Å². The Balaban J connectivity index is 2.16. The molecule has 0 spiro atoms. The first kappa shape index (κ1) is 11.4. The predicted molar refractivity (Wildman–Crippen MR) is 64.1 cm³/mol. The van der Waals surface area contributed by atoms with Crippen LogP contribution in [0.15, 0.2) is 24.3 Å². The van der Waals surface area contributed by atoms with Gasteiger partial charge in [0.05, 0.1) is 0 Å². The molecule has 1 fully saturated rings. The van der Waals surface area contributed by atoms with Gasteiger partial charge in [-0.1, -0.05) is 0 Å². The van der Waals surface area contributed by atoms with Crippen molar-refractivity contribution in [3.8, 4) is 0 Å². The lowest BCUT2D eigenvalue weighted by Gasteiger charge is -2.26. The molecule has 0 bridgehead atoms. The lowest BCUT2D eigenvalue weighted by molar-refractivity contribution is -0.160. The highest BCUT2D eigenvalue weighted by atomic mass is 16.6. The maximum atomic E-state index is 11.1. The van der Waals surface area contributed by atoms with Crippen molar-refractivity contribution in [2.45, 2.75) is 0 Å². The van der Waals surface area contributed by atoms with E-state index in [4.69, 9.17) is 0 Å². The van der Waals surface area contributed by atoms with E-state index in [-0.39, 0.29) is 13.1 Å². The van der Waals surface area contributed by atoms with Crippen LogP contribution in [-0.4, -0.2) is 39.1 Å². The van der Waals surface area contributed by atoms with Crippen molar-refractivity contribution in [2.24, 2.45) is 0 Å². The Hall–Kier alpha value is -2.04.